The average molecular weight is 520 g/mol. The SMILES string of the molecule is [B]=Cc1cc(Cl)c2ccc(-c3ccc(C(=C4CCC4)N4CCN(C(=O)OC(C)(C)C)CC4)cc3F)nn12. The molecule has 1 saturated heterocycles. The number of fused-ring (bicyclic) bond motifs is 1. The van der Waals surface area contributed by atoms with Crippen molar-refractivity contribution in [2.24, 2.45) is 0 Å². The topological polar surface area (TPSA) is 50.1 Å². The van der Waals surface area contributed by atoms with Gasteiger partial charge in [0.25, 0.3) is 0 Å². The van der Waals surface area contributed by atoms with Crippen molar-refractivity contribution in [3.8, 4) is 11.3 Å². The van der Waals surface area contributed by atoms with Gasteiger partial charge in [0.05, 0.1) is 0 Å². The van der Waals surface area contributed by atoms with Crippen LogP contribution in [-0.2, 0) is 4.74 Å². The fourth-order valence-electron chi connectivity index (χ4n) is 4.84. The zero-order valence-corrected chi connectivity index (χ0v) is 22.2. The van der Waals surface area contributed by atoms with E-state index in [2.05, 4.69) is 10.00 Å². The second kappa shape index (κ2) is 9.97. The molecule has 0 spiro atoms. The van der Waals surface area contributed by atoms with Crippen molar-refractivity contribution >= 4 is 42.4 Å². The molecule has 0 bridgehead atoms. The first-order chi connectivity index (χ1) is 17.6. The molecule has 37 heavy (non-hydrogen) atoms. The monoisotopic (exact) mass is 519 g/mol. The third-order valence-electron chi connectivity index (χ3n) is 6.83. The van der Waals surface area contributed by atoms with Crippen molar-refractivity contribution < 1.29 is 13.9 Å². The first-order valence-electron chi connectivity index (χ1n) is 12.6. The van der Waals surface area contributed by atoms with Gasteiger partial charge in [-0.1, -0.05) is 0 Å². The third kappa shape index (κ3) is 5.17. The van der Waals surface area contributed by atoms with Gasteiger partial charge in [0.1, 0.15) is 5.60 Å². The number of aromatic nitrogens is 2. The molecule has 1 aromatic carbocycles. The first kappa shape index (κ1) is 25.5. The molecule has 1 radical (unpaired) electrons. The van der Waals surface area contributed by atoms with Crippen LogP contribution in [0.5, 0.6) is 0 Å². The number of carbonyl (C=O) groups excluding carboxylic acids is 1. The van der Waals surface area contributed by atoms with Crippen LogP contribution in [0.1, 0.15) is 51.3 Å². The van der Waals surface area contributed by atoms with Crippen LogP contribution in [0, 0.1) is 5.82 Å². The number of allylic oxidation sites excluding steroid dienone is 1. The van der Waals surface area contributed by atoms with Crippen LogP contribution in [0.15, 0.2) is 42.0 Å². The Morgan fingerprint density at radius 1 is 1.08 bits per heavy atom. The second-order valence-electron chi connectivity index (χ2n) is 10.6. The van der Waals surface area contributed by atoms with Gasteiger partial charge < -0.3 is 9.64 Å². The van der Waals surface area contributed by atoms with E-state index >= 15 is 4.39 Å². The fraction of sp³-hybridized carbons (Fsp3) is 0.393. The molecule has 3 heterocycles. The van der Waals surface area contributed by atoms with Gasteiger partial charge >= 0.3 is 163 Å². The second-order valence-corrected chi connectivity index (χ2v) is 11.0. The maximum atomic E-state index is 15.5. The van der Waals surface area contributed by atoms with Crippen LogP contribution < -0.4 is 0 Å². The van der Waals surface area contributed by atoms with Crippen molar-refractivity contribution in [2.75, 3.05) is 26.2 Å². The Balaban J connectivity index is 1.40. The van der Waals surface area contributed by atoms with Crippen molar-refractivity contribution in [1.29, 1.82) is 0 Å². The van der Waals surface area contributed by atoms with Crippen molar-refractivity contribution in [3.63, 3.8) is 0 Å². The molecule has 2 fully saturated rings. The number of carbonyl (C=O) groups is 1. The summed E-state index contributed by atoms with van der Waals surface area (Å²) < 4.78 is 22.7. The molecule has 2 aliphatic rings. The minimum atomic E-state index is -0.524. The molecule has 0 N–H and O–H groups in total. The van der Waals surface area contributed by atoms with E-state index in [0.717, 1.165) is 30.5 Å². The number of nitrogens with zero attached hydrogens (tertiary/aromatic N) is 4. The van der Waals surface area contributed by atoms with E-state index in [4.69, 9.17) is 23.8 Å². The van der Waals surface area contributed by atoms with Crippen LogP contribution >= 0.6 is 11.6 Å². The zero-order valence-electron chi connectivity index (χ0n) is 21.4. The Kier molecular flexibility index (Phi) is 6.88. The van der Waals surface area contributed by atoms with E-state index in [1.807, 2.05) is 32.9 Å². The molecule has 1 aliphatic heterocycles. The number of amides is 1. The standard InChI is InChI=1S/C28H30BClFN4O2/c1-28(2,3)37-27(36)34-13-11-33(12-14-34)26(18-5-4-6-18)19-7-8-21(23(31)15-19)24-9-10-25-22(30)16-20(17-29)35(25)32-24/h7-10,15-17H,4-6,11-14H2,1-3H3. The average Bonchev–Trinajstić information content (AvgIpc) is 3.15. The molecule has 0 atom stereocenters. The summed E-state index contributed by atoms with van der Waals surface area (Å²) in [5, 5.41) is 5.12. The summed E-state index contributed by atoms with van der Waals surface area (Å²) in [7, 11) is 5.71. The van der Waals surface area contributed by atoms with Crippen molar-refractivity contribution in [3.05, 3.63) is 64.1 Å². The van der Waals surface area contributed by atoms with Gasteiger partial charge in [0.15, 0.2) is 0 Å². The van der Waals surface area contributed by atoms with Crippen molar-refractivity contribution in [1.82, 2.24) is 19.4 Å². The van der Waals surface area contributed by atoms with E-state index in [1.54, 1.807) is 33.7 Å². The summed E-state index contributed by atoms with van der Waals surface area (Å²) in [5.41, 5.74) is 5.00. The molecule has 191 valence electrons. The van der Waals surface area contributed by atoms with Gasteiger partial charge in [0.2, 0.25) is 0 Å². The summed E-state index contributed by atoms with van der Waals surface area (Å²) in [5.74, 6) is 1.08. The third-order valence-corrected chi connectivity index (χ3v) is 7.13. The van der Waals surface area contributed by atoms with Crippen LogP contribution in [-0.4, -0.2) is 70.7 Å². The zero-order chi connectivity index (χ0) is 26.3. The number of piperazine rings is 1. The predicted molar refractivity (Wildman–Crippen MR) is 147 cm³/mol. The molecule has 1 saturated carbocycles. The maximum absolute atomic E-state index is 15.5. The number of hydrogen-bond acceptors (Lipinski definition) is 4. The fourth-order valence-corrected chi connectivity index (χ4v) is 5.09. The van der Waals surface area contributed by atoms with Gasteiger partial charge in [0, 0.05) is 13.1 Å². The Hall–Kier alpha value is -3.13. The molecule has 3 aromatic rings. The van der Waals surface area contributed by atoms with Gasteiger partial charge in [-0.25, -0.2) is 4.79 Å². The molecular weight excluding hydrogens is 490 g/mol. The van der Waals surface area contributed by atoms with E-state index in [9.17, 15) is 4.79 Å². The first-order valence-corrected chi connectivity index (χ1v) is 13.0. The van der Waals surface area contributed by atoms with E-state index < -0.39 is 5.60 Å². The predicted octanol–water partition coefficient (Wildman–Crippen LogP) is 5.56. The van der Waals surface area contributed by atoms with Crippen LogP contribution in [0.2, 0.25) is 5.02 Å². The number of benzene rings is 1. The molecule has 5 rings (SSSR count). The van der Waals surface area contributed by atoms with Crippen LogP contribution in [0.25, 0.3) is 22.5 Å². The normalized spacial score (nSPS) is 16.1. The summed E-state index contributed by atoms with van der Waals surface area (Å²) in [6.07, 6.45) is 2.87. The van der Waals surface area contributed by atoms with Gasteiger partial charge in [-0.05, 0) is 27.2 Å². The number of halogens is 2. The molecule has 9 heteroatoms. The van der Waals surface area contributed by atoms with E-state index in [-0.39, 0.29) is 11.9 Å². The van der Waals surface area contributed by atoms with Gasteiger partial charge in [-0.3, -0.25) is 0 Å². The molecule has 1 aliphatic carbocycles. The summed E-state index contributed by atoms with van der Waals surface area (Å²) in [6, 6.07) is 10.7. The number of hydrogen-bond donors (Lipinski definition) is 0. The Bertz CT molecular complexity index is 1400. The Morgan fingerprint density at radius 3 is 2.38 bits per heavy atom. The number of ether oxygens (including phenoxy) is 1. The Morgan fingerprint density at radius 2 is 1.78 bits per heavy atom. The van der Waals surface area contributed by atoms with Gasteiger partial charge in [-0.2, -0.15) is 0 Å². The van der Waals surface area contributed by atoms with Gasteiger partial charge in [-0.15, -0.1) is 0 Å². The van der Waals surface area contributed by atoms with Crippen LogP contribution in [0.4, 0.5) is 9.18 Å². The van der Waals surface area contributed by atoms with E-state index in [0.29, 0.717) is 53.7 Å². The summed E-state index contributed by atoms with van der Waals surface area (Å²) in [4.78, 5) is 16.5. The van der Waals surface area contributed by atoms with E-state index in [1.165, 1.54) is 11.5 Å². The molecule has 6 nitrogen and oxygen atoms in total. The Labute approximate surface area is 222 Å². The van der Waals surface area contributed by atoms with Crippen molar-refractivity contribution in [2.45, 2.75) is 45.6 Å². The summed E-state index contributed by atoms with van der Waals surface area (Å²) in [6.45, 7) is 8.09. The number of rotatable bonds is 4. The molecule has 2 aromatic heterocycles. The minimum absolute atomic E-state index is 0.288. The molecule has 1 amide bonds. The summed E-state index contributed by atoms with van der Waals surface area (Å²) >= 11 is 6.27. The van der Waals surface area contributed by atoms with Crippen LogP contribution in [0.3, 0.4) is 0 Å². The molecule has 0 unspecified atom stereocenters. The molecular formula is C28H30BClFN4O2. The quantitative estimate of drug-likeness (QED) is 0.424.